The molecule has 0 aromatic heterocycles. The molecule has 0 radical (unpaired) electrons. The van der Waals surface area contributed by atoms with Gasteiger partial charge < -0.3 is 9.47 Å². The van der Waals surface area contributed by atoms with Gasteiger partial charge in [-0.3, -0.25) is 9.59 Å². The van der Waals surface area contributed by atoms with E-state index in [-0.39, 0.29) is 25.0 Å². The summed E-state index contributed by atoms with van der Waals surface area (Å²) in [5.41, 5.74) is 0. The van der Waals surface area contributed by atoms with Crippen molar-refractivity contribution in [2.45, 2.75) is 65.7 Å². The van der Waals surface area contributed by atoms with Gasteiger partial charge in [0.1, 0.15) is 0 Å². The number of hydrogen-bond acceptors (Lipinski definition) is 4. The highest BCUT2D eigenvalue weighted by atomic mass is 19.4. The lowest BCUT2D eigenvalue weighted by molar-refractivity contribution is -0.171. The van der Waals surface area contributed by atoms with E-state index in [9.17, 15) is 35.9 Å². The number of rotatable bonds is 11. The third-order valence-electron chi connectivity index (χ3n) is 3.69. The summed E-state index contributed by atoms with van der Waals surface area (Å²) in [4.78, 5) is 24.6. The Labute approximate surface area is 160 Å². The Morgan fingerprint density at radius 3 is 1.18 bits per heavy atom. The number of carbonyl (C=O) groups is 2. The van der Waals surface area contributed by atoms with E-state index in [4.69, 9.17) is 9.47 Å². The molecule has 0 aliphatic carbocycles. The second-order valence-electron chi connectivity index (χ2n) is 7.57. The number of carbonyl (C=O) groups excluding carboxylic acids is 2. The fraction of sp³-hybridized carbons (Fsp3) is 0.889. The van der Waals surface area contributed by atoms with Crippen LogP contribution in [0, 0.1) is 23.7 Å². The van der Waals surface area contributed by atoms with Gasteiger partial charge in [0.05, 0.1) is 25.0 Å². The standard InChI is InChI=1S/C18H28F6O4/c1-11(2)9-27-15(25)13(5-7-17(19,20)21)14(6-8-18(22,23)24)16(26)28-10-12(3)4/h11-14H,5-10H2,1-4H3. The number of hydrogen-bond donors (Lipinski definition) is 0. The molecule has 2 atom stereocenters. The Morgan fingerprint density at radius 2 is 0.964 bits per heavy atom. The van der Waals surface area contributed by atoms with Crippen LogP contribution in [-0.4, -0.2) is 37.5 Å². The Hall–Kier alpha value is -1.48. The summed E-state index contributed by atoms with van der Waals surface area (Å²) >= 11 is 0. The summed E-state index contributed by atoms with van der Waals surface area (Å²) in [5, 5.41) is 0. The van der Waals surface area contributed by atoms with Crippen molar-refractivity contribution >= 4 is 11.9 Å². The number of alkyl halides is 6. The van der Waals surface area contributed by atoms with Gasteiger partial charge in [-0.25, -0.2) is 0 Å². The molecule has 0 aliphatic rings. The monoisotopic (exact) mass is 422 g/mol. The summed E-state index contributed by atoms with van der Waals surface area (Å²) < 4.78 is 85.7. The first-order chi connectivity index (χ1) is 12.6. The third kappa shape index (κ3) is 12.8. The summed E-state index contributed by atoms with van der Waals surface area (Å²) in [6.45, 7) is 6.53. The topological polar surface area (TPSA) is 52.6 Å². The van der Waals surface area contributed by atoms with Crippen molar-refractivity contribution in [1.82, 2.24) is 0 Å². The second kappa shape index (κ2) is 11.5. The third-order valence-corrected chi connectivity index (χ3v) is 3.69. The van der Waals surface area contributed by atoms with Crippen molar-refractivity contribution in [1.29, 1.82) is 0 Å². The zero-order valence-electron chi connectivity index (χ0n) is 16.5. The van der Waals surface area contributed by atoms with Crippen molar-refractivity contribution in [3.8, 4) is 0 Å². The van der Waals surface area contributed by atoms with Gasteiger partial charge in [0.15, 0.2) is 0 Å². The predicted molar refractivity (Wildman–Crippen MR) is 89.2 cm³/mol. The van der Waals surface area contributed by atoms with Crippen molar-refractivity contribution < 1.29 is 45.4 Å². The molecule has 2 unspecified atom stereocenters. The van der Waals surface area contributed by atoms with Crippen LogP contribution in [0.1, 0.15) is 53.4 Å². The molecule has 0 rings (SSSR count). The summed E-state index contributed by atoms with van der Waals surface area (Å²) in [5.74, 6) is -5.83. The minimum absolute atomic E-state index is 0.117. The maximum atomic E-state index is 12.6. The molecule has 0 bridgehead atoms. The molecule has 0 aromatic carbocycles. The lowest BCUT2D eigenvalue weighted by Crippen LogP contribution is -2.35. The van der Waals surface area contributed by atoms with Crippen LogP contribution < -0.4 is 0 Å². The zero-order valence-corrected chi connectivity index (χ0v) is 16.5. The molecule has 0 spiro atoms. The van der Waals surface area contributed by atoms with E-state index in [2.05, 4.69) is 0 Å². The molecule has 0 saturated carbocycles. The average Bonchev–Trinajstić information content (AvgIpc) is 2.51. The van der Waals surface area contributed by atoms with E-state index < -0.39 is 61.8 Å². The number of esters is 2. The smallest absolute Gasteiger partial charge is 0.389 e. The Kier molecular flexibility index (Phi) is 10.9. The molecule has 0 heterocycles. The quantitative estimate of drug-likeness (QED) is 0.335. The van der Waals surface area contributed by atoms with Gasteiger partial charge in [-0.2, -0.15) is 26.3 Å². The first-order valence-corrected chi connectivity index (χ1v) is 9.09. The lowest BCUT2D eigenvalue weighted by atomic mass is 9.84. The summed E-state index contributed by atoms with van der Waals surface area (Å²) in [7, 11) is 0. The summed E-state index contributed by atoms with van der Waals surface area (Å²) in [6.07, 6.45) is -13.8. The van der Waals surface area contributed by atoms with Crippen LogP contribution in [0.25, 0.3) is 0 Å². The minimum Gasteiger partial charge on any atom is -0.465 e. The summed E-state index contributed by atoms with van der Waals surface area (Å²) in [6, 6.07) is 0. The van der Waals surface area contributed by atoms with Crippen molar-refractivity contribution in [2.24, 2.45) is 23.7 Å². The molecule has 0 aliphatic heterocycles. The maximum Gasteiger partial charge on any atom is 0.389 e. The number of ether oxygens (including phenoxy) is 2. The lowest BCUT2D eigenvalue weighted by Gasteiger charge is -2.26. The van der Waals surface area contributed by atoms with Crippen molar-refractivity contribution in [3.63, 3.8) is 0 Å². The highest BCUT2D eigenvalue weighted by molar-refractivity contribution is 5.82. The molecule has 0 N–H and O–H groups in total. The van der Waals surface area contributed by atoms with E-state index >= 15 is 0 Å². The van der Waals surface area contributed by atoms with Gasteiger partial charge in [-0.15, -0.1) is 0 Å². The zero-order chi connectivity index (χ0) is 22.1. The van der Waals surface area contributed by atoms with Crippen molar-refractivity contribution in [2.75, 3.05) is 13.2 Å². The Bertz CT molecular complexity index is 441. The molecular formula is C18H28F6O4. The molecule has 0 saturated heterocycles. The molecule has 28 heavy (non-hydrogen) atoms. The van der Waals surface area contributed by atoms with Gasteiger partial charge in [0.25, 0.3) is 0 Å². The SMILES string of the molecule is CC(C)COC(=O)C(CCC(F)(F)F)C(CCC(F)(F)F)C(=O)OCC(C)C. The highest BCUT2D eigenvalue weighted by Crippen LogP contribution is 2.34. The molecule has 0 fully saturated rings. The highest BCUT2D eigenvalue weighted by Gasteiger charge is 2.41. The van der Waals surface area contributed by atoms with Gasteiger partial charge >= 0.3 is 24.3 Å². The van der Waals surface area contributed by atoms with E-state index in [1.807, 2.05) is 0 Å². The van der Waals surface area contributed by atoms with Crippen LogP contribution in [0.5, 0.6) is 0 Å². The fourth-order valence-corrected chi connectivity index (χ4v) is 2.32. The number of halogens is 6. The minimum atomic E-state index is -4.63. The molecule has 10 heteroatoms. The maximum absolute atomic E-state index is 12.6. The van der Waals surface area contributed by atoms with E-state index in [0.717, 1.165) is 0 Å². The van der Waals surface area contributed by atoms with Crippen LogP contribution in [-0.2, 0) is 19.1 Å². The second-order valence-corrected chi connectivity index (χ2v) is 7.57. The van der Waals surface area contributed by atoms with Crippen LogP contribution >= 0.6 is 0 Å². The van der Waals surface area contributed by atoms with E-state index in [1.165, 1.54) is 0 Å². The van der Waals surface area contributed by atoms with Crippen LogP contribution in [0.4, 0.5) is 26.3 Å². The first kappa shape index (κ1) is 26.5. The normalized spacial score (nSPS) is 14.9. The molecular weight excluding hydrogens is 394 g/mol. The largest absolute Gasteiger partial charge is 0.465 e. The molecule has 0 aromatic rings. The fourth-order valence-electron chi connectivity index (χ4n) is 2.32. The van der Waals surface area contributed by atoms with Crippen LogP contribution in [0.15, 0.2) is 0 Å². The van der Waals surface area contributed by atoms with Gasteiger partial charge in [0, 0.05) is 12.8 Å². The van der Waals surface area contributed by atoms with Gasteiger partial charge in [0.2, 0.25) is 0 Å². The van der Waals surface area contributed by atoms with Crippen LogP contribution in [0.3, 0.4) is 0 Å². The Balaban J connectivity index is 5.53. The van der Waals surface area contributed by atoms with Crippen molar-refractivity contribution in [3.05, 3.63) is 0 Å². The van der Waals surface area contributed by atoms with E-state index in [0.29, 0.717) is 0 Å². The van der Waals surface area contributed by atoms with Gasteiger partial charge in [-0.05, 0) is 24.7 Å². The first-order valence-electron chi connectivity index (χ1n) is 9.09. The molecule has 166 valence electrons. The Morgan fingerprint density at radius 1 is 0.679 bits per heavy atom. The average molecular weight is 422 g/mol. The van der Waals surface area contributed by atoms with Gasteiger partial charge in [-0.1, -0.05) is 27.7 Å². The molecule has 0 amide bonds. The van der Waals surface area contributed by atoms with Crippen LogP contribution in [0.2, 0.25) is 0 Å². The van der Waals surface area contributed by atoms with E-state index in [1.54, 1.807) is 27.7 Å². The predicted octanol–water partition coefficient (Wildman–Crippen LogP) is 5.30. The molecule has 4 nitrogen and oxygen atoms in total.